The number of carbonyl (C=O) groups excluding carboxylic acids is 2. The second kappa shape index (κ2) is 10.4. The van der Waals surface area contributed by atoms with Crippen LogP contribution >= 0.6 is 0 Å². The molecule has 1 heterocycles. The van der Waals surface area contributed by atoms with E-state index in [4.69, 9.17) is 9.84 Å². The highest BCUT2D eigenvalue weighted by atomic mass is 16.5. The van der Waals surface area contributed by atoms with Crippen molar-refractivity contribution in [1.29, 1.82) is 0 Å². The number of aryl methyl sites for hydroxylation is 1. The minimum Gasteiger partial charge on any atom is -0.481 e. The van der Waals surface area contributed by atoms with Gasteiger partial charge in [-0.3, -0.25) is 14.3 Å². The SMILES string of the molecule is CCC(CNC(=O)c1cnn(C)c1CNC(=O)OCC1c2ccccc2-c2ccccc21)C(=O)O. The highest BCUT2D eigenvalue weighted by Gasteiger charge is 2.29. The third kappa shape index (κ3) is 5.03. The summed E-state index contributed by atoms with van der Waals surface area (Å²) < 4.78 is 7.05. The molecule has 9 nitrogen and oxygen atoms in total. The second-order valence-electron chi connectivity index (χ2n) is 8.46. The van der Waals surface area contributed by atoms with E-state index >= 15 is 0 Å². The van der Waals surface area contributed by atoms with Crippen LogP contribution in [-0.4, -0.2) is 46.0 Å². The number of hydrogen-bond donors (Lipinski definition) is 3. The van der Waals surface area contributed by atoms with E-state index in [2.05, 4.69) is 40.0 Å². The van der Waals surface area contributed by atoms with Crippen LogP contribution in [0.25, 0.3) is 11.1 Å². The fraction of sp³-hybridized carbons (Fsp3) is 0.308. The standard InChI is InChI=1S/C26H28N4O5/c1-3-16(25(32)33)12-27-24(31)21-13-29-30(2)23(21)14-28-26(34)35-15-22-19-10-6-4-8-17(19)18-9-5-7-11-20(18)22/h4-11,13,16,22H,3,12,14-15H2,1-2H3,(H,27,31)(H,28,34)(H,32,33). The van der Waals surface area contributed by atoms with Crippen molar-refractivity contribution < 1.29 is 24.2 Å². The van der Waals surface area contributed by atoms with Crippen molar-refractivity contribution in [3.05, 3.63) is 77.1 Å². The molecule has 1 atom stereocenters. The Morgan fingerprint density at radius 2 is 1.69 bits per heavy atom. The lowest BCUT2D eigenvalue weighted by atomic mass is 9.98. The van der Waals surface area contributed by atoms with E-state index in [0.29, 0.717) is 12.1 Å². The molecular formula is C26H28N4O5. The van der Waals surface area contributed by atoms with Crippen molar-refractivity contribution in [3.63, 3.8) is 0 Å². The summed E-state index contributed by atoms with van der Waals surface area (Å²) in [6.45, 7) is 1.98. The zero-order chi connectivity index (χ0) is 24.9. The molecule has 0 saturated carbocycles. The molecule has 0 bridgehead atoms. The molecule has 2 aromatic carbocycles. The maximum atomic E-state index is 12.6. The maximum absolute atomic E-state index is 12.6. The molecule has 0 fully saturated rings. The number of carbonyl (C=O) groups is 3. The minimum atomic E-state index is -0.962. The molecule has 0 aliphatic heterocycles. The van der Waals surface area contributed by atoms with Gasteiger partial charge in [-0.1, -0.05) is 55.5 Å². The number of carboxylic acids is 1. The number of alkyl carbamates (subject to hydrolysis) is 1. The first-order chi connectivity index (χ1) is 16.9. The molecule has 1 aliphatic rings. The van der Waals surface area contributed by atoms with Gasteiger partial charge in [0.15, 0.2) is 0 Å². The fourth-order valence-electron chi connectivity index (χ4n) is 4.38. The average Bonchev–Trinajstić information content (AvgIpc) is 3.39. The molecule has 3 N–H and O–H groups in total. The normalized spacial score (nSPS) is 13.0. The largest absolute Gasteiger partial charge is 0.481 e. The van der Waals surface area contributed by atoms with Crippen LogP contribution in [-0.2, 0) is 23.1 Å². The molecule has 1 aliphatic carbocycles. The number of aliphatic carboxylic acids is 1. The van der Waals surface area contributed by atoms with Gasteiger partial charge in [0, 0.05) is 19.5 Å². The van der Waals surface area contributed by atoms with Crippen molar-refractivity contribution in [1.82, 2.24) is 20.4 Å². The van der Waals surface area contributed by atoms with Gasteiger partial charge in [0.1, 0.15) is 6.61 Å². The Balaban J connectivity index is 1.36. The Hall–Kier alpha value is -4.14. The summed E-state index contributed by atoms with van der Waals surface area (Å²) in [6.07, 6.45) is 1.20. The lowest BCUT2D eigenvalue weighted by Crippen LogP contribution is -2.33. The lowest BCUT2D eigenvalue weighted by molar-refractivity contribution is -0.141. The number of amides is 2. The third-order valence-electron chi connectivity index (χ3n) is 6.40. The number of carboxylic acid groups (broad SMARTS) is 1. The number of hydrogen-bond acceptors (Lipinski definition) is 5. The summed E-state index contributed by atoms with van der Waals surface area (Å²) >= 11 is 0. The van der Waals surface area contributed by atoms with Gasteiger partial charge in [-0.05, 0) is 28.7 Å². The predicted molar refractivity (Wildman–Crippen MR) is 129 cm³/mol. The summed E-state index contributed by atoms with van der Waals surface area (Å²) in [7, 11) is 1.66. The lowest BCUT2D eigenvalue weighted by Gasteiger charge is -2.15. The Morgan fingerprint density at radius 1 is 1.06 bits per heavy atom. The highest BCUT2D eigenvalue weighted by molar-refractivity contribution is 5.95. The number of ether oxygens (including phenoxy) is 1. The molecule has 1 unspecified atom stereocenters. The van der Waals surface area contributed by atoms with Gasteiger partial charge in [-0.2, -0.15) is 5.10 Å². The molecule has 0 radical (unpaired) electrons. The van der Waals surface area contributed by atoms with Crippen molar-refractivity contribution in [2.24, 2.45) is 13.0 Å². The maximum Gasteiger partial charge on any atom is 0.407 e. The Kier molecular flexibility index (Phi) is 7.14. The van der Waals surface area contributed by atoms with Crippen LogP contribution in [0.5, 0.6) is 0 Å². The summed E-state index contributed by atoms with van der Waals surface area (Å²) in [4.78, 5) is 36.3. The number of rotatable bonds is 9. The number of aromatic nitrogens is 2. The van der Waals surface area contributed by atoms with Gasteiger partial charge in [-0.15, -0.1) is 0 Å². The zero-order valence-corrected chi connectivity index (χ0v) is 19.7. The van der Waals surface area contributed by atoms with Crippen LogP contribution in [0.15, 0.2) is 54.7 Å². The molecule has 0 spiro atoms. The van der Waals surface area contributed by atoms with Crippen LogP contribution in [0.3, 0.4) is 0 Å². The number of benzene rings is 2. The van der Waals surface area contributed by atoms with Crippen molar-refractivity contribution in [3.8, 4) is 11.1 Å². The van der Waals surface area contributed by atoms with Crippen LogP contribution in [0.2, 0.25) is 0 Å². The van der Waals surface area contributed by atoms with Crippen LogP contribution in [0.1, 0.15) is 46.4 Å². The quantitative estimate of drug-likeness (QED) is 0.436. The highest BCUT2D eigenvalue weighted by Crippen LogP contribution is 2.44. The first-order valence-electron chi connectivity index (χ1n) is 11.5. The van der Waals surface area contributed by atoms with E-state index < -0.39 is 23.9 Å². The Labute approximate surface area is 203 Å². The van der Waals surface area contributed by atoms with Gasteiger partial charge in [0.2, 0.25) is 0 Å². The van der Waals surface area contributed by atoms with E-state index in [1.165, 1.54) is 10.9 Å². The van der Waals surface area contributed by atoms with Gasteiger partial charge < -0.3 is 20.5 Å². The average molecular weight is 477 g/mol. The van der Waals surface area contributed by atoms with Crippen molar-refractivity contribution in [2.75, 3.05) is 13.2 Å². The van der Waals surface area contributed by atoms with E-state index in [1.807, 2.05) is 24.3 Å². The molecule has 182 valence electrons. The van der Waals surface area contributed by atoms with E-state index in [9.17, 15) is 14.4 Å². The minimum absolute atomic E-state index is 0.0127. The molecule has 35 heavy (non-hydrogen) atoms. The predicted octanol–water partition coefficient (Wildman–Crippen LogP) is 3.30. The van der Waals surface area contributed by atoms with Gasteiger partial charge >= 0.3 is 12.1 Å². The molecular weight excluding hydrogens is 448 g/mol. The van der Waals surface area contributed by atoms with Crippen LogP contribution < -0.4 is 10.6 Å². The fourth-order valence-corrected chi connectivity index (χ4v) is 4.38. The first kappa shape index (κ1) is 24.0. The van der Waals surface area contributed by atoms with Crippen molar-refractivity contribution in [2.45, 2.75) is 25.8 Å². The number of nitrogens with zero attached hydrogens (tertiary/aromatic N) is 2. The summed E-state index contributed by atoms with van der Waals surface area (Å²) in [5.41, 5.74) is 5.30. The van der Waals surface area contributed by atoms with Gasteiger partial charge in [-0.25, -0.2) is 4.79 Å². The number of fused-ring (bicyclic) bond motifs is 3. The second-order valence-corrected chi connectivity index (χ2v) is 8.46. The summed E-state index contributed by atoms with van der Waals surface area (Å²) in [5, 5.41) is 18.6. The molecule has 2 amide bonds. The third-order valence-corrected chi connectivity index (χ3v) is 6.40. The van der Waals surface area contributed by atoms with Crippen LogP contribution in [0.4, 0.5) is 4.79 Å². The van der Waals surface area contributed by atoms with E-state index in [-0.39, 0.29) is 31.2 Å². The van der Waals surface area contributed by atoms with Gasteiger partial charge in [0.05, 0.1) is 29.9 Å². The van der Waals surface area contributed by atoms with E-state index in [1.54, 1.807) is 14.0 Å². The first-order valence-corrected chi connectivity index (χ1v) is 11.5. The molecule has 0 saturated heterocycles. The smallest absolute Gasteiger partial charge is 0.407 e. The monoisotopic (exact) mass is 476 g/mol. The Morgan fingerprint density at radius 3 is 2.29 bits per heavy atom. The van der Waals surface area contributed by atoms with Crippen LogP contribution in [0, 0.1) is 5.92 Å². The summed E-state index contributed by atoms with van der Waals surface area (Å²) in [6, 6.07) is 16.2. The molecule has 9 heteroatoms. The molecule has 3 aromatic rings. The number of nitrogens with one attached hydrogen (secondary N) is 2. The molecule has 4 rings (SSSR count). The topological polar surface area (TPSA) is 123 Å². The van der Waals surface area contributed by atoms with E-state index in [0.717, 1.165) is 22.3 Å². The van der Waals surface area contributed by atoms with Crippen molar-refractivity contribution >= 4 is 18.0 Å². The van der Waals surface area contributed by atoms with Gasteiger partial charge in [0.25, 0.3) is 5.91 Å². The zero-order valence-electron chi connectivity index (χ0n) is 19.7. The molecule has 1 aromatic heterocycles. The summed E-state index contributed by atoms with van der Waals surface area (Å²) in [5.74, 6) is -2.12. The Bertz CT molecular complexity index is 1210.